The first-order valence-electron chi connectivity index (χ1n) is 7.11. The standard InChI is InChI=1S/C16H22O4/c1-2-3-5-13-20-16(18)14-7-9-15(10-8-14)19-12-6-4-11-17/h7-11H,2-6,12-13H2,1H3. The van der Waals surface area contributed by atoms with E-state index in [-0.39, 0.29) is 5.97 Å². The predicted molar refractivity (Wildman–Crippen MR) is 77.0 cm³/mol. The zero-order chi connectivity index (χ0) is 14.6. The average molecular weight is 278 g/mol. The number of carbonyl (C=O) groups excluding carboxylic acids is 2. The largest absolute Gasteiger partial charge is 0.494 e. The molecule has 1 rings (SSSR count). The van der Waals surface area contributed by atoms with E-state index in [4.69, 9.17) is 9.47 Å². The van der Waals surface area contributed by atoms with E-state index < -0.39 is 0 Å². The minimum atomic E-state index is -0.298. The van der Waals surface area contributed by atoms with Crippen molar-refractivity contribution >= 4 is 12.3 Å². The fourth-order valence-corrected chi connectivity index (χ4v) is 1.64. The summed E-state index contributed by atoms with van der Waals surface area (Å²) in [5, 5.41) is 0. The van der Waals surface area contributed by atoms with Crippen LogP contribution in [0.2, 0.25) is 0 Å². The Labute approximate surface area is 120 Å². The third-order valence-corrected chi connectivity index (χ3v) is 2.81. The lowest BCUT2D eigenvalue weighted by Crippen LogP contribution is -2.06. The highest BCUT2D eigenvalue weighted by atomic mass is 16.5. The molecule has 0 N–H and O–H groups in total. The van der Waals surface area contributed by atoms with Crippen LogP contribution in [0.3, 0.4) is 0 Å². The van der Waals surface area contributed by atoms with Crippen molar-refractivity contribution in [3.8, 4) is 5.75 Å². The highest BCUT2D eigenvalue weighted by molar-refractivity contribution is 5.89. The Kier molecular flexibility index (Phi) is 8.11. The summed E-state index contributed by atoms with van der Waals surface area (Å²) in [6, 6.07) is 6.86. The smallest absolute Gasteiger partial charge is 0.338 e. The van der Waals surface area contributed by atoms with Gasteiger partial charge in [0, 0.05) is 6.42 Å². The predicted octanol–water partition coefficient (Wildman–Crippen LogP) is 3.39. The van der Waals surface area contributed by atoms with E-state index >= 15 is 0 Å². The molecule has 0 spiro atoms. The van der Waals surface area contributed by atoms with Crippen LogP contribution in [0.4, 0.5) is 0 Å². The molecule has 0 bridgehead atoms. The van der Waals surface area contributed by atoms with Gasteiger partial charge in [-0.3, -0.25) is 0 Å². The summed E-state index contributed by atoms with van der Waals surface area (Å²) in [7, 11) is 0. The van der Waals surface area contributed by atoms with Gasteiger partial charge in [-0.15, -0.1) is 0 Å². The molecule has 0 aliphatic heterocycles. The van der Waals surface area contributed by atoms with Gasteiger partial charge in [0.05, 0.1) is 18.8 Å². The molecule has 0 atom stereocenters. The maximum atomic E-state index is 11.7. The quantitative estimate of drug-likeness (QED) is 0.374. The molecule has 0 saturated carbocycles. The lowest BCUT2D eigenvalue weighted by Gasteiger charge is -2.07. The van der Waals surface area contributed by atoms with Crippen molar-refractivity contribution in [1.82, 2.24) is 0 Å². The van der Waals surface area contributed by atoms with Gasteiger partial charge < -0.3 is 14.3 Å². The van der Waals surface area contributed by atoms with Crippen molar-refractivity contribution in [2.75, 3.05) is 13.2 Å². The number of hydrogen-bond donors (Lipinski definition) is 0. The van der Waals surface area contributed by atoms with E-state index in [1.807, 2.05) is 0 Å². The molecule has 4 heteroatoms. The summed E-state index contributed by atoms with van der Waals surface area (Å²) in [6.45, 7) is 3.08. The molecule has 0 aliphatic carbocycles. The summed E-state index contributed by atoms with van der Waals surface area (Å²) in [6.07, 6.45) is 5.16. The molecule has 4 nitrogen and oxygen atoms in total. The molecule has 0 aliphatic rings. The molecule has 1 aromatic carbocycles. The van der Waals surface area contributed by atoms with Crippen molar-refractivity contribution in [2.45, 2.75) is 39.0 Å². The van der Waals surface area contributed by atoms with Gasteiger partial charge >= 0.3 is 5.97 Å². The van der Waals surface area contributed by atoms with Gasteiger partial charge in [-0.25, -0.2) is 4.79 Å². The molecule has 20 heavy (non-hydrogen) atoms. The number of benzene rings is 1. The van der Waals surface area contributed by atoms with Crippen LogP contribution in [0.25, 0.3) is 0 Å². The van der Waals surface area contributed by atoms with Crippen LogP contribution in [0.15, 0.2) is 24.3 Å². The number of aldehydes is 1. The second-order valence-electron chi connectivity index (χ2n) is 4.52. The molecule has 0 amide bonds. The summed E-state index contributed by atoms with van der Waals surface area (Å²) in [4.78, 5) is 21.9. The lowest BCUT2D eigenvalue weighted by molar-refractivity contribution is -0.108. The molecular formula is C16H22O4. The second-order valence-corrected chi connectivity index (χ2v) is 4.52. The molecular weight excluding hydrogens is 256 g/mol. The first-order valence-corrected chi connectivity index (χ1v) is 7.11. The van der Waals surface area contributed by atoms with Crippen LogP contribution < -0.4 is 4.74 Å². The van der Waals surface area contributed by atoms with E-state index in [1.165, 1.54) is 0 Å². The van der Waals surface area contributed by atoms with E-state index in [0.29, 0.717) is 37.4 Å². The van der Waals surface area contributed by atoms with Gasteiger partial charge in [0.2, 0.25) is 0 Å². The Hall–Kier alpha value is -1.84. The summed E-state index contributed by atoms with van der Waals surface area (Å²) >= 11 is 0. The van der Waals surface area contributed by atoms with Gasteiger partial charge in [-0.2, -0.15) is 0 Å². The monoisotopic (exact) mass is 278 g/mol. The molecule has 0 heterocycles. The van der Waals surface area contributed by atoms with Crippen molar-refractivity contribution in [3.05, 3.63) is 29.8 Å². The van der Waals surface area contributed by atoms with Crippen LogP contribution in [0, 0.1) is 0 Å². The third-order valence-electron chi connectivity index (χ3n) is 2.81. The maximum absolute atomic E-state index is 11.7. The zero-order valence-electron chi connectivity index (χ0n) is 12.0. The Morgan fingerprint density at radius 1 is 1.10 bits per heavy atom. The minimum Gasteiger partial charge on any atom is -0.494 e. The number of unbranched alkanes of at least 4 members (excludes halogenated alkanes) is 3. The molecule has 0 aromatic heterocycles. The molecule has 0 fully saturated rings. The normalized spacial score (nSPS) is 10.1. The van der Waals surface area contributed by atoms with Gasteiger partial charge in [0.25, 0.3) is 0 Å². The number of rotatable bonds is 10. The van der Waals surface area contributed by atoms with Crippen LogP contribution in [0.1, 0.15) is 49.4 Å². The van der Waals surface area contributed by atoms with Gasteiger partial charge in [-0.05, 0) is 37.1 Å². The Bertz CT molecular complexity index is 397. The first-order chi connectivity index (χ1) is 9.77. The fraction of sp³-hybridized carbons (Fsp3) is 0.500. The van der Waals surface area contributed by atoms with Crippen LogP contribution >= 0.6 is 0 Å². The van der Waals surface area contributed by atoms with E-state index in [0.717, 1.165) is 25.5 Å². The van der Waals surface area contributed by atoms with Gasteiger partial charge in [-0.1, -0.05) is 19.8 Å². The number of carbonyl (C=O) groups is 2. The van der Waals surface area contributed by atoms with E-state index in [9.17, 15) is 9.59 Å². The van der Waals surface area contributed by atoms with E-state index in [2.05, 4.69) is 6.92 Å². The molecule has 0 saturated heterocycles. The highest BCUT2D eigenvalue weighted by Crippen LogP contribution is 2.13. The maximum Gasteiger partial charge on any atom is 0.338 e. The minimum absolute atomic E-state index is 0.298. The first kappa shape index (κ1) is 16.2. The fourth-order valence-electron chi connectivity index (χ4n) is 1.64. The lowest BCUT2D eigenvalue weighted by atomic mass is 10.2. The van der Waals surface area contributed by atoms with Crippen molar-refractivity contribution < 1.29 is 19.1 Å². The molecule has 1 aromatic rings. The molecule has 0 radical (unpaired) electrons. The topological polar surface area (TPSA) is 52.6 Å². The van der Waals surface area contributed by atoms with Crippen molar-refractivity contribution in [2.24, 2.45) is 0 Å². The summed E-state index contributed by atoms with van der Waals surface area (Å²) < 4.78 is 10.6. The SMILES string of the molecule is CCCCCOC(=O)c1ccc(OCCCC=O)cc1. The molecule has 0 unspecified atom stereocenters. The van der Waals surface area contributed by atoms with Crippen LogP contribution in [0.5, 0.6) is 5.75 Å². The second kappa shape index (κ2) is 10.0. The van der Waals surface area contributed by atoms with Crippen LogP contribution in [-0.2, 0) is 9.53 Å². The number of ether oxygens (including phenoxy) is 2. The summed E-state index contributed by atoms with van der Waals surface area (Å²) in [5.41, 5.74) is 0.529. The van der Waals surface area contributed by atoms with Crippen molar-refractivity contribution in [1.29, 1.82) is 0 Å². The van der Waals surface area contributed by atoms with Crippen LogP contribution in [-0.4, -0.2) is 25.5 Å². The van der Waals surface area contributed by atoms with Gasteiger partial charge in [0.15, 0.2) is 0 Å². The Morgan fingerprint density at radius 3 is 2.50 bits per heavy atom. The average Bonchev–Trinajstić information content (AvgIpc) is 2.48. The Balaban J connectivity index is 2.33. The van der Waals surface area contributed by atoms with Gasteiger partial charge in [0.1, 0.15) is 12.0 Å². The Morgan fingerprint density at radius 2 is 1.85 bits per heavy atom. The zero-order valence-corrected chi connectivity index (χ0v) is 12.0. The molecule has 110 valence electrons. The highest BCUT2D eigenvalue weighted by Gasteiger charge is 2.06. The third kappa shape index (κ3) is 6.36. The van der Waals surface area contributed by atoms with Crippen molar-refractivity contribution in [3.63, 3.8) is 0 Å². The van der Waals surface area contributed by atoms with E-state index in [1.54, 1.807) is 24.3 Å². The number of esters is 1. The number of hydrogen-bond acceptors (Lipinski definition) is 4. The summed E-state index contributed by atoms with van der Waals surface area (Å²) in [5.74, 6) is 0.395.